The highest BCUT2D eigenvalue weighted by Gasteiger charge is 2.18. The predicted molar refractivity (Wildman–Crippen MR) is 79.1 cm³/mol. The third-order valence-electron chi connectivity index (χ3n) is 2.57. The Hall–Kier alpha value is -1.88. The number of para-hydroxylation sites is 1. The Bertz CT molecular complexity index is 614. The number of hydrogen-bond acceptors (Lipinski definition) is 4. The maximum atomic E-state index is 12.0. The summed E-state index contributed by atoms with van der Waals surface area (Å²) in [4.78, 5) is 16.3. The van der Waals surface area contributed by atoms with Gasteiger partial charge in [-0.15, -0.1) is 0 Å². The molecule has 2 rings (SSSR count). The van der Waals surface area contributed by atoms with E-state index < -0.39 is 5.97 Å². The van der Waals surface area contributed by atoms with Crippen molar-refractivity contribution in [3.63, 3.8) is 0 Å². The molecule has 0 saturated heterocycles. The van der Waals surface area contributed by atoms with Gasteiger partial charge in [0.05, 0.1) is 12.3 Å². The minimum absolute atomic E-state index is 0.246. The van der Waals surface area contributed by atoms with Crippen molar-refractivity contribution in [2.75, 3.05) is 6.61 Å². The number of carbonyl (C=O) groups is 1. The fourth-order valence-electron chi connectivity index (χ4n) is 1.59. The molecule has 0 radical (unpaired) electrons. The van der Waals surface area contributed by atoms with E-state index in [9.17, 15) is 4.79 Å². The molecular formula is C15H14BrNO3. The molecule has 0 N–H and O–H groups in total. The predicted octanol–water partition coefficient (Wildman–Crippen LogP) is 4.12. The van der Waals surface area contributed by atoms with Crippen LogP contribution in [0.3, 0.4) is 0 Å². The molecule has 0 saturated carbocycles. The Kier molecular flexibility index (Phi) is 4.74. The molecule has 0 spiro atoms. The first-order valence-electron chi connectivity index (χ1n) is 6.19. The summed E-state index contributed by atoms with van der Waals surface area (Å²) in [6.07, 6.45) is 0. The van der Waals surface area contributed by atoms with Gasteiger partial charge in [-0.1, -0.05) is 18.2 Å². The molecule has 0 aliphatic rings. The molecule has 0 amide bonds. The largest absolute Gasteiger partial charge is 0.462 e. The van der Waals surface area contributed by atoms with E-state index in [1.54, 1.807) is 25.1 Å². The number of nitrogens with zero attached hydrogens (tertiary/aromatic N) is 1. The van der Waals surface area contributed by atoms with Crippen molar-refractivity contribution in [2.45, 2.75) is 13.8 Å². The van der Waals surface area contributed by atoms with Crippen LogP contribution in [0.25, 0.3) is 0 Å². The van der Waals surface area contributed by atoms with Gasteiger partial charge in [0.15, 0.2) is 0 Å². The van der Waals surface area contributed by atoms with Crippen LogP contribution >= 0.6 is 15.9 Å². The third-order valence-corrected chi connectivity index (χ3v) is 3.37. The Morgan fingerprint density at radius 2 is 2.00 bits per heavy atom. The fraction of sp³-hybridized carbons (Fsp3) is 0.200. The van der Waals surface area contributed by atoms with Crippen LogP contribution in [0.2, 0.25) is 0 Å². The first-order chi connectivity index (χ1) is 9.61. The number of pyridine rings is 1. The molecule has 5 heteroatoms. The van der Waals surface area contributed by atoms with E-state index in [1.165, 1.54) is 0 Å². The van der Waals surface area contributed by atoms with E-state index in [4.69, 9.17) is 9.47 Å². The number of benzene rings is 1. The van der Waals surface area contributed by atoms with Crippen LogP contribution in [0.5, 0.6) is 11.6 Å². The summed E-state index contributed by atoms with van der Waals surface area (Å²) in [7, 11) is 0. The van der Waals surface area contributed by atoms with Gasteiger partial charge in [-0.25, -0.2) is 9.78 Å². The highest BCUT2D eigenvalue weighted by atomic mass is 79.9. The number of halogens is 1. The van der Waals surface area contributed by atoms with Gasteiger partial charge in [-0.2, -0.15) is 0 Å². The normalized spacial score (nSPS) is 10.2. The zero-order chi connectivity index (χ0) is 14.5. The maximum Gasteiger partial charge on any atom is 0.343 e. The van der Waals surface area contributed by atoms with Crippen LogP contribution in [0.1, 0.15) is 23.0 Å². The summed E-state index contributed by atoms with van der Waals surface area (Å²) in [6.45, 7) is 3.89. The zero-order valence-corrected chi connectivity index (χ0v) is 12.8. The van der Waals surface area contributed by atoms with Gasteiger partial charge in [-0.3, -0.25) is 0 Å². The van der Waals surface area contributed by atoms with Crippen LogP contribution in [0.4, 0.5) is 0 Å². The maximum absolute atomic E-state index is 12.0. The van der Waals surface area contributed by atoms with Crippen LogP contribution in [0.15, 0.2) is 40.9 Å². The minimum atomic E-state index is -0.452. The van der Waals surface area contributed by atoms with E-state index in [0.29, 0.717) is 17.9 Å². The van der Waals surface area contributed by atoms with Crippen molar-refractivity contribution < 1.29 is 14.3 Å². The van der Waals surface area contributed by atoms with Gasteiger partial charge in [0, 0.05) is 4.47 Å². The number of carbonyl (C=O) groups excluding carboxylic acids is 1. The Labute approximate surface area is 125 Å². The van der Waals surface area contributed by atoms with Crippen molar-refractivity contribution >= 4 is 21.9 Å². The van der Waals surface area contributed by atoms with Crippen molar-refractivity contribution in [1.82, 2.24) is 4.98 Å². The molecule has 0 aliphatic carbocycles. The molecule has 104 valence electrons. The lowest BCUT2D eigenvalue weighted by atomic mass is 10.2. The summed E-state index contributed by atoms with van der Waals surface area (Å²) < 4.78 is 11.4. The van der Waals surface area contributed by atoms with Crippen LogP contribution in [-0.2, 0) is 4.74 Å². The lowest BCUT2D eigenvalue weighted by molar-refractivity contribution is 0.0522. The number of ether oxygens (including phenoxy) is 2. The summed E-state index contributed by atoms with van der Waals surface area (Å²) in [5.74, 6) is 0.411. The number of esters is 1. The van der Waals surface area contributed by atoms with E-state index >= 15 is 0 Å². The molecule has 0 aliphatic heterocycles. The van der Waals surface area contributed by atoms with Gasteiger partial charge < -0.3 is 9.47 Å². The third kappa shape index (κ3) is 3.36. The topological polar surface area (TPSA) is 48.4 Å². The smallest absolute Gasteiger partial charge is 0.343 e. The molecule has 1 aromatic heterocycles. The van der Waals surface area contributed by atoms with Gasteiger partial charge >= 0.3 is 5.97 Å². The molecule has 0 fully saturated rings. The monoisotopic (exact) mass is 335 g/mol. The van der Waals surface area contributed by atoms with E-state index in [-0.39, 0.29) is 5.88 Å². The number of hydrogen-bond donors (Lipinski definition) is 0. The number of aryl methyl sites for hydroxylation is 1. The van der Waals surface area contributed by atoms with Gasteiger partial charge in [-0.05, 0) is 48.0 Å². The average Bonchev–Trinajstić information content (AvgIpc) is 2.44. The standard InChI is InChI=1S/C15H14BrNO3/c1-3-19-15(18)12-9-13(16)10(2)17-14(12)20-11-7-5-4-6-8-11/h4-9H,3H2,1-2H3. The molecule has 4 nitrogen and oxygen atoms in total. The number of rotatable bonds is 4. The summed E-state index contributed by atoms with van der Waals surface area (Å²) in [6, 6.07) is 10.9. The van der Waals surface area contributed by atoms with Crippen molar-refractivity contribution in [3.8, 4) is 11.6 Å². The summed E-state index contributed by atoms with van der Waals surface area (Å²) in [5, 5.41) is 0. The van der Waals surface area contributed by atoms with Crippen molar-refractivity contribution in [2.24, 2.45) is 0 Å². The quantitative estimate of drug-likeness (QED) is 0.788. The first-order valence-corrected chi connectivity index (χ1v) is 6.98. The van der Waals surface area contributed by atoms with Crippen LogP contribution < -0.4 is 4.74 Å². The molecule has 2 aromatic rings. The average molecular weight is 336 g/mol. The molecular weight excluding hydrogens is 322 g/mol. The molecule has 1 heterocycles. The van der Waals surface area contributed by atoms with Crippen molar-refractivity contribution in [1.29, 1.82) is 0 Å². The van der Waals surface area contributed by atoms with E-state index in [0.717, 1.165) is 10.2 Å². The summed E-state index contributed by atoms with van der Waals surface area (Å²) >= 11 is 3.36. The Morgan fingerprint density at radius 3 is 2.65 bits per heavy atom. The highest BCUT2D eigenvalue weighted by molar-refractivity contribution is 9.10. The fourth-order valence-corrected chi connectivity index (χ4v) is 1.91. The molecule has 0 bridgehead atoms. The van der Waals surface area contributed by atoms with E-state index in [1.807, 2.05) is 25.1 Å². The van der Waals surface area contributed by atoms with Gasteiger partial charge in [0.1, 0.15) is 11.3 Å². The van der Waals surface area contributed by atoms with Crippen molar-refractivity contribution in [3.05, 3.63) is 52.1 Å². The van der Waals surface area contributed by atoms with Crippen LogP contribution in [-0.4, -0.2) is 17.6 Å². The zero-order valence-electron chi connectivity index (χ0n) is 11.2. The Balaban J connectivity index is 2.40. The van der Waals surface area contributed by atoms with Gasteiger partial charge in [0.25, 0.3) is 0 Å². The Morgan fingerprint density at radius 1 is 1.30 bits per heavy atom. The molecule has 20 heavy (non-hydrogen) atoms. The first kappa shape index (κ1) is 14.5. The lowest BCUT2D eigenvalue weighted by Gasteiger charge is -2.11. The second-order valence-corrected chi connectivity index (χ2v) is 4.90. The lowest BCUT2D eigenvalue weighted by Crippen LogP contribution is -2.08. The van der Waals surface area contributed by atoms with Crippen LogP contribution in [0, 0.1) is 6.92 Å². The number of aromatic nitrogens is 1. The SMILES string of the molecule is CCOC(=O)c1cc(Br)c(C)nc1Oc1ccccc1. The van der Waals surface area contributed by atoms with Gasteiger partial charge in [0.2, 0.25) is 5.88 Å². The van der Waals surface area contributed by atoms with E-state index in [2.05, 4.69) is 20.9 Å². The minimum Gasteiger partial charge on any atom is -0.462 e. The molecule has 1 aromatic carbocycles. The molecule has 0 unspecified atom stereocenters. The molecule has 0 atom stereocenters. The second kappa shape index (κ2) is 6.52. The summed E-state index contributed by atoms with van der Waals surface area (Å²) in [5.41, 5.74) is 1.04. The highest BCUT2D eigenvalue weighted by Crippen LogP contribution is 2.28. The second-order valence-electron chi connectivity index (χ2n) is 4.04.